The van der Waals surface area contributed by atoms with E-state index in [1.54, 1.807) is 20.8 Å². The Labute approximate surface area is 215 Å². The Morgan fingerprint density at radius 2 is 1.89 bits per heavy atom. The van der Waals surface area contributed by atoms with Crippen LogP contribution in [0.2, 0.25) is 0 Å². The molecule has 2 heterocycles. The first-order valence-electron chi connectivity index (χ1n) is 12.1. The Bertz CT molecular complexity index is 1230. The Balaban J connectivity index is 1.91. The van der Waals surface area contributed by atoms with Crippen LogP contribution in [0.4, 0.5) is 10.5 Å². The van der Waals surface area contributed by atoms with Gasteiger partial charge in [0.2, 0.25) is 11.8 Å². The molecule has 10 heteroatoms. The van der Waals surface area contributed by atoms with Gasteiger partial charge in [-0.1, -0.05) is 30.3 Å². The Hall–Kier alpha value is -4.21. The van der Waals surface area contributed by atoms with Gasteiger partial charge < -0.3 is 19.9 Å². The molecule has 1 saturated heterocycles. The summed E-state index contributed by atoms with van der Waals surface area (Å²) < 4.78 is 6.43. The maximum absolute atomic E-state index is 13.4. The molecular weight excluding hydrogens is 476 g/mol. The number of benzene rings is 1. The van der Waals surface area contributed by atoms with Gasteiger partial charge in [-0.3, -0.25) is 24.5 Å². The zero-order chi connectivity index (χ0) is 27.0. The molecule has 1 fully saturated rings. The van der Waals surface area contributed by atoms with Crippen molar-refractivity contribution in [3.8, 4) is 0 Å². The average Bonchev–Trinajstić information content (AvgIpc) is 2.84. The van der Waals surface area contributed by atoms with E-state index in [1.807, 2.05) is 30.3 Å². The van der Waals surface area contributed by atoms with Gasteiger partial charge >= 0.3 is 6.09 Å². The predicted molar refractivity (Wildman–Crippen MR) is 138 cm³/mol. The number of nitrogens with one attached hydrogen (secondary N) is 3. The molecule has 1 aliphatic rings. The standard InChI is InChI=1S/C27H32N4O6/c1-27(2,3)37-26(36)30-21-12-8-14-31(25(21)35)22(15-18-9-5-4-6-10-18)24(34)29-20(17-32)16-19-11-7-13-28-23(19)33/h4-6,8-10,12,14,16-17,19,22H,7,11,13,15H2,1-3H3,(H,28,33)(H,29,34)(H,30,36)/b20-16+/t19-,22-/m0/s1. The fourth-order valence-electron chi connectivity index (χ4n) is 3.93. The van der Waals surface area contributed by atoms with Crippen LogP contribution in [0.3, 0.4) is 0 Å². The molecule has 3 amide bonds. The lowest BCUT2D eigenvalue weighted by Crippen LogP contribution is -2.40. The van der Waals surface area contributed by atoms with Crippen molar-refractivity contribution in [1.82, 2.24) is 15.2 Å². The number of aldehydes is 1. The van der Waals surface area contributed by atoms with Gasteiger partial charge in [-0.15, -0.1) is 0 Å². The van der Waals surface area contributed by atoms with Crippen LogP contribution in [0.1, 0.15) is 45.2 Å². The number of aromatic nitrogens is 1. The van der Waals surface area contributed by atoms with E-state index in [2.05, 4.69) is 16.0 Å². The first-order valence-corrected chi connectivity index (χ1v) is 12.1. The minimum absolute atomic E-state index is 0.0544. The molecular formula is C27H32N4O6. The molecule has 2 aromatic rings. The van der Waals surface area contributed by atoms with Gasteiger partial charge in [-0.25, -0.2) is 4.79 Å². The van der Waals surface area contributed by atoms with Gasteiger partial charge in [0.25, 0.3) is 5.56 Å². The number of piperidine rings is 1. The van der Waals surface area contributed by atoms with Crippen molar-refractivity contribution in [2.24, 2.45) is 5.92 Å². The Kier molecular flexibility index (Phi) is 9.00. The van der Waals surface area contributed by atoms with E-state index in [0.29, 0.717) is 19.3 Å². The van der Waals surface area contributed by atoms with Crippen LogP contribution in [0.25, 0.3) is 0 Å². The van der Waals surface area contributed by atoms with Gasteiger partial charge in [-0.05, 0) is 57.4 Å². The number of ether oxygens (including phenoxy) is 1. The maximum atomic E-state index is 13.4. The quantitative estimate of drug-likeness (QED) is 0.371. The molecule has 1 aliphatic heterocycles. The normalized spacial score (nSPS) is 16.8. The van der Waals surface area contributed by atoms with Crippen molar-refractivity contribution in [3.63, 3.8) is 0 Å². The number of hydrogen-bond donors (Lipinski definition) is 3. The second-order valence-electron chi connectivity index (χ2n) is 9.74. The van der Waals surface area contributed by atoms with E-state index in [0.717, 1.165) is 12.0 Å². The summed E-state index contributed by atoms with van der Waals surface area (Å²) in [7, 11) is 0. The van der Waals surface area contributed by atoms with E-state index in [-0.39, 0.29) is 23.7 Å². The number of anilines is 1. The minimum Gasteiger partial charge on any atom is -0.444 e. The smallest absolute Gasteiger partial charge is 0.412 e. The van der Waals surface area contributed by atoms with Crippen LogP contribution < -0.4 is 21.5 Å². The van der Waals surface area contributed by atoms with Crippen molar-refractivity contribution in [2.75, 3.05) is 11.9 Å². The SMILES string of the molecule is CC(C)(C)OC(=O)Nc1cccn([C@@H](Cc2ccccc2)C(=O)N/C(C=O)=C/[C@@H]2CCCNC2=O)c1=O. The van der Waals surface area contributed by atoms with E-state index in [1.165, 1.54) is 29.0 Å². The van der Waals surface area contributed by atoms with Crippen molar-refractivity contribution in [1.29, 1.82) is 0 Å². The molecule has 0 unspecified atom stereocenters. The van der Waals surface area contributed by atoms with E-state index in [9.17, 15) is 24.0 Å². The molecule has 196 valence electrons. The molecule has 0 bridgehead atoms. The van der Waals surface area contributed by atoms with Gasteiger partial charge in [0.15, 0.2) is 6.29 Å². The highest BCUT2D eigenvalue weighted by Crippen LogP contribution is 2.18. The predicted octanol–water partition coefficient (Wildman–Crippen LogP) is 2.70. The summed E-state index contributed by atoms with van der Waals surface area (Å²) in [6.07, 6.45) is 4.00. The molecule has 3 rings (SSSR count). The highest BCUT2D eigenvalue weighted by Gasteiger charge is 2.26. The number of amides is 3. The number of carbonyl (C=O) groups is 4. The number of nitrogens with zero attached hydrogens (tertiary/aromatic N) is 1. The van der Waals surface area contributed by atoms with Crippen LogP contribution in [0, 0.1) is 5.92 Å². The molecule has 1 aromatic heterocycles. The van der Waals surface area contributed by atoms with Crippen LogP contribution in [0.15, 0.2) is 65.2 Å². The third-order valence-corrected chi connectivity index (χ3v) is 5.62. The van der Waals surface area contributed by atoms with Crippen LogP contribution >= 0.6 is 0 Å². The summed E-state index contributed by atoms with van der Waals surface area (Å²) in [5.74, 6) is -1.36. The second-order valence-corrected chi connectivity index (χ2v) is 9.74. The monoisotopic (exact) mass is 508 g/mol. The molecule has 3 N–H and O–H groups in total. The summed E-state index contributed by atoms with van der Waals surface area (Å²) in [5.41, 5.74) is -0.717. The number of carbonyl (C=O) groups excluding carboxylic acids is 4. The van der Waals surface area contributed by atoms with Crippen LogP contribution in [0.5, 0.6) is 0 Å². The lowest BCUT2D eigenvalue weighted by atomic mass is 9.97. The molecule has 10 nitrogen and oxygen atoms in total. The molecule has 0 radical (unpaired) electrons. The highest BCUT2D eigenvalue weighted by molar-refractivity contribution is 5.90. The Morgan fingerprint density at radius 1 is 1.16 bits per heavy atom. The van der Waals surface area contributed by atoms with Crippen molar-refractivity contribution in [2.45, 2.75) is 51.7 Å². The first kappa shape index (κ1) is 27.4. The van der Waals surface area contributed by atoms with Crippen LogP contribution in [-0.2, 0) is 25.5 Å². The highest BCUT2D eigenvalue weighted by atomic mass is 16.6. The zero-order valence-electron chi connectivity index (χ0n) is 21.2. The van der Waals surface area contributed by atoms with Crippen molar-refractivity contribution >= 4 is 29.9 Å². The lowest BCUT2D eigenvalue weighted by molar-refractivity contribution is -0.126. The molecule has 1 aromatic carbocycles. The number of rotatable bonds is 8. The van der Waals surface area contributed by atoms with Crippen molar-refractivity contribution < 1.29 is 23.9 Å². The van der Waals surface area contributed by atoms with Crippen molar-refractivity contribution in [3.05, 3.63) is 76.4 Å². The van der Waals surface area contributed by atoms with Gasteiger partial charge in [-0.2, -0.15) is 0 Å². The summed E-state index contributed by atoms with van der Waals surface area (Å²) in [6, 6.07) is 11.0. The van der Waals surface area contributed by atoms with E-state index < -0.39 is 35.1 Å². The fraction of sp³-hybridized carbons (Fsp3) is 0.370. The van der Waals surface area contributed by atoms with E-state index in [4.69, 9.17) is 4.74 Å². The summed E-state index contributed by atoms with van der Waals surface area (Å²) in [4.78, 5) is 62.8. The van der Waals surface area contributed by atoms with Gasteiger partial charge in [0.1, 0.15) is 17.3 Å². The largest absolute Gasteiger partial charge is 0.444 e. The molecule has 0 spiro atoms. The number of hydrogen-bond acceptors (Lipinski definition) is 6. The maximum Gasteiger partial charge on any atom is 0.412 e. The molecule has 37 heavy (non-hydrogen) atoms. The molecule has 0 aliphatic carbocycles. The summed E-state index contributed by atoms with van der Waals surface area (Å²) in [5, 5.41) is 7.75. The average molecular weight is 509 g/mol. The van der Waals surface area contributed by atoms with Crippen LogP contribution in [-0.4, -0.2) is 40.9 Å². The number of pyridine rings is 1. The third kappa shape index (κ3) is 7.89. The van der Waals surface area contributed by atoms with Gasteiger partial charge in [0, 0.05) is 19.2 Å². The van der Waals surface area contributed by atoms with Gasteiger partial charge in [0.05, 0.1) is 11.6 Å². The first-order chi connectivity index (χ1) is 17.6. The third-order valence-electron chi connectivity index (χ3n) is 5.62. The fourth-order valence-corrected chi connectivity index (χ4v) is 3.93. The zero-order valence-corrected chi connectivity index (χ0v) is 21.2. The topological polar surface area (TPSA) is 136 Å². The van der Waals surface area contributed by atoms with E-state index >= 15 is 0 Å². The molecule has 0 saturated carbocycles. The lowest BCUT2D eigenvalue weighted by Gasteiger charge is -2.22. The summed E-state index contributed by atoms with van der Waals surface area (Å²) >= 11 is 0. The molecule has 2 atom stereocenters. The summed E-state index contributed by atoms with van der Waals surface area (Å²) in [6.45, 7) is 5.67. The minimum atomic E-state index is -1.06. The Morgan fingerprint density at radius 3 is 2.54 bits per heavy atom. The second kappa shape index (κ2) is 12.2. The number of allylic oxidation sites excluding steroid dienone is 1.